The van der Waals surface area contributed by atoms with Crippen molar-refractivity contribution in [2.75, 3.05) is 17.3 Å². The van der Waals surface area contributed by atoms with Gasteiger partial charge in [-0.3, -0.25) is 19.3 Å². The van der Waals surface area contributed by atoms with Crippen LogP contribution >= 0.6 is 11.6 Å². The highest BCUT2D eigenvalue weighted by Gasteiger charge is 2.67. The standard InChI is InChI=1S/C25H21ClN2O4/c1-32-20-9-4-13(26)10-19(20)27-23(29)12-2-5-14(6-3-12)28-24(30)21-15-7-8-16(18-11-17(15)18)22(21)25(28)31/h2-10,15-18,21-22H,11H2,1H3,(H,27,29)/t15-,16-,17-,18-,21-,22+/m0/s1. The summed E-state index contributed by atoms with van der Waals surface area (Å²) in [5, 5.41) is 3.27. The molecule has 1 saturated heterocycles. The first-order valence-corrected chi connectivity index (χ1v) is 11.2. The average Bonchev–Trinajstić information content (AvgIpc) is 3.57. The van der Waals surface area contributed by atoms with E-state index in [1.807, 2.05) is 0 Å². The van der Waals surface area contributed by atoms with E-state index < -0.39 is 0 Å². The van der Waals surface area contributed by atoms with Gasteiger partial charge in [-0.15, -0.1) is 0 Å². The summed E-state index contributed by atoms with van der Waals surface area (Å²) in [6, 6.07) is 11.5. The van der Waals surface area contributed by atoms with E-state index in [2.05, 4.69) is 17.5 Å². The summed E-state index contributed by atoms with van der Waals surface area (Å²) in [6.07, 6.45) is 5.45. The van der Waals surface area contributed by atoms with E-state index in [1.54, 1.807) is 42.5 Å². The molecule has 7 heteroatoms. The molecule has 3 fully saturated rings. The molecule has 0 aromatic heterocycles. The van der Waals surface area contributed by atoms with Crippen molar-refractivity contribution >= 4 is 40.7 Å². The number of benzene rings is 2. The quantitative estimate of drug-likeness (QED) is 0.563. The van der Waals surface area contributed by atoms with Gasteiger partial charge in [0.2, 0.25) is 11.8 Å². The van der Waals surface area contributed by atoms with E-state index in [-0.39, 0.29) is 41.4 Å². The Kier molecular flexibility index (Phi) is 4.24. The Labute approximate surface area is 190 Å². The van der Waals surface area contributed by atoms with Gasteiger partial charge in [-0.25, -0.2) is 0 Å². The number of methoxy groups -OCH3 is 1. The van der Waals surface area contributed by atoms with Gasteiger partial charge in [0.25, 0.3) is 5.91 Å². The first kappa shape index (κ1) is 19.6. The predicted molar refractivity (Wildman–Crippen MR) is 120 cm³/mol. The highest BCUT2D eigenvalue weighted by Crippen LogP contribution is 2.65. The summed E-state index contributed by atoms with van der Waals surface area (Å²) >= 11 is 6.03. The van der Waals surface area contributed by atoms with Gasteiger partial charge in [-0.1, -0.05) is 23.8 Å². The second-order valence-corrected chi connectivity index (χ2v) is 9.45. The fraction of sp³-hybridized carbons (Fsp3) is 0.320. The summed E-state index contributed by atoms with van der Waals surface area (Å²) in [7, 11) is 1.51. The molecule has 6 atom stereocenters. The Morgan fingerprint density at radius 3 is 2.22 bits per heavy atom. The number of allylic oxidation sites excluding steroid dienone is 2. The molecule has 0 radical (unpaired) electrons. The fourth-order valence-electron chi connectivity index (χ4n) is 5.95. The van der Waals surface area contributed by atoms with Crippen molar-refractivity contribution in [2.45, 2.75) is 6.42 Å². The van der Waals surface area contributed by atoms with Crippen LogP contribution < -0.4 is 15.0 Å². The lowest BCUT2D eigenvalue weighted by atomic mass is 9.63. The third-order valence-corrected chi connectivity index (χ3v) is 7.70. The highest BCUT2D eigenvalue weighted by molar-refractivity contribution is 6.31. The number of hydrogen-bond acceptors (Lipinski definition) is 4. The van der Waals surface area contributed by atoms with Crippen LogP contribution in [0.3, 0.4) is 0 Å². The molecule has 1 heterocycles. The Morgan fingerprint density at radius 1 is 1.00 bits per heavy atom. The van der Waals surface area contributed by atoms with Gasteiger partial charge in [0, 0.05) is 10.6 Å². The zero-order valence-corrected chi connectivity index (χ0v) is 18.1. The van der Waals surface area contributed by atoms with E-state index in [0.717, 1.165) is 6.42 Å². The van der Waals surface area contributed by atoms with Gasteiger partial charge < -0.3 is 10.1 Å². The molecule has 1 N–H and O–H groups in total. The number of nitrogens with zero attached hydrogens (tertiary/aromatic N) is 1. The molecule has 3 amide bonds. The van der Waals surface area contributed by atoms with Crippen molar-refractivity contribution in [3.8, 4) is 5.75 Å². The van der Waals surface area contributed by atoms with Crippen LogP contribution in [0.1, 0.15) is 16.8 Å². The van der Waals surface area contributed by atoms with E-state index >= 15 is 0 Å². The van der Waals surface area contributed by atoms with Gasteiger partial charge in [-0.05, 0) is 72.6 Å². The third-order valence-electron chi connectivity index (χ3n) is 7.46. The zero-order valence-electron chi connectivity index (χ0n) is 17.3. The molecule has 32 heavy (non-hydrogen) atoms. The summed E-state index contributed by atoms with van der Waals surface area (Å²) < 4.78 is 5.27. The van der Waals surface area contributed by atoms with Crippen LogP contribution in [0.5, 0.6) is 5.75 Å². The molecule has 162 valence electrons. The Balaban J connectivity index is 1.23. The van der Waals surface area contributed by atoms with Gasteiger partial charge in [0.15, 0.2) is 0 Å². The number of imide groups is 1. The van der Waals surface area contributed by atoms with Crippen molar-refractivity contribution in [2.24, 2.45) is 35.5 Å². The molecule has 1 aliphatic heterocycles. The van der Waals surface area contributed by atoms with Crippen LogP contribution in [-0.4, -0.2) is 24.8 Å². The van der Waals surface area contributed by atoms with Gasteiger partial charge in [0.05, 0.1) is 30.3 Å². The normalized spacial score (nSPS) is 31.4. The topological polar surface area (TPSA) is 75.7 Å². The molecule has 0 spiro atoms. The lowest BCUT2D eigenvalue weighted by molar-refractivity contribution is -0.124. The molecule has 2 aromatic carbocycles. The zero-order chi connectivity index (χ0) is 22.1. The largest absolute Gasteiger partial charge is 0.495 e. The van der Waals surface area contributed by atoms with Crippen molar-refractivity contribution < 1.29 is 19.1 Å². The highest BCUT2D eigenvalue weighted by atomic mass is 35.5. The average molecular weight is 449 g/mol. The van der Waals surface area contributed by atoms with Crippen LogP contribution in [0.15, 0.2) is 54.6 Å². The molecule has 2 aromatic rings. The van der Waals surface area contributed by atoms with E-state index in [4.69, 9.17) is 16.3 Å². The molecular formula is C25H21ClN2O4. The van der Waals surface area contributed by atoms with Crippen molar-refractivity contribution in [3.05, 3.63) is 65.2 Å². The summed E-state index contributed by atoms with van der Waals surface area (Å²) in [5.74, 6) is 0.984. The first-order chi connectivity index (χ1) is 15.5. The monoisotopic (exact) mass is 448 g/mol. The van der Waals surface area contributed by atoms with Gasteiger partial charge in [-0.2, -0.15) is 0 Å². The number of anilines is 2. The molecule has 7 rings (SSSR count). The Hall–Kier alpha value is -3.12. The number of carbonyl (C=O) groups is 3. The van der Waals surface area contributed by atoms with Crippen molar-refractivity contribution in [3.63, 3.8) is 0 Å². The maximum absolute atomic E-state index is 13.2. The predicted octanol–water partition coefficient (Wildman–Crippen LogP) is 4.16. The van der Waals surface area contributed by atoms with Crippen LogP contribution in [-0.2, 0) is 9.59 Å². The van der Waals surface area contributed by atoms with E-state index in [1.165, 1.54) is 12.0 Å². The van der Waals surface area contributed by atoms with E-state index in [9.17, 15) is 14.4 Å². The molecule has 2 bridgehead atoms. The second-order valence-electron chi connectivity index (χ2n) is 9.01. The third kappa shape index (κ3) is 2.75. The smallest absolute Gasteiger partial charge is 0.255 e. The van der Waals surface area contributed by atoms with Gasteiger partial charge >= 0.3 is 0 Å². The number of amides is 3. The second kappa shape index (κ2) is 6.94. The van der Waals surface area contributed by atoms with Crippen LogP contribution in [0.25, 0.3) is 0 Å². The number of rotatable bonds is 4. The van der Waals surface area contributed by atoms with Crippen LogP contribution in [0, 0.1) is 35.5 Å². The minimum atomic E-state index is -0.341. The van der Waals surface area contributed by atoms with Crippen LogP contribution in [0.2, 0.25) is 5.02 Å². The SMILES string of the molecule is COc1ccc(Cl)cc1NC(=O)c1ccc(N2C(=O)[C@@H]3[C@H]4C=C[C@@H]([C@@H]5C[C@@H]45)[C@@H]3C2=O)cc1. The minimum Gasteiger partial charge on any atom is -0.495 e. The molecule has 5 aliphatic rings. The molecule has 4 aliphatic carbocycles. The van der Waals surface area contributed by atoms with Crippen LogP contribution in [0.4, 0.5) is 11.4 Å². The minimum absolute atomic E-state index is 0.106. The summed E-state index contributed by atoms with van der Waals surface area (Å²) in [4.78, 5) is 40.5. The van der Waals surface area contributed by atoms with Crippen molar-refractivity contribution in [1.29, 1.82) is 0 Å². The number of ether oxygens (including phenoxy) is 1. The number of halogens is 1. The summed E-state index contributed by atoms with van der Waals surface area (Å²) in [6.45, 7) is 0. The molecule has 0 unspecified atom stereocenters. The Morgan fingerprint density at radius 2 is 1.62 bits per heavy atom. The maximum atomic E-state index is 13.2. The number of hydrogen-bond donors (Lipinski definition) is 1. The molecular weight excluding hydrogens is 428 g/mol. The lowest BCUT2D eigenvalue weighted by Crippen LogP contribution is -2.40. The summed E-state index contributed by atoms with van der Waals surface area (Å²) in [5.41, 5.74) is 1.37. The maximum Gasteiger partial charge on any atom is 0.255 e. The van der Waals surface area contributed by atoms with Crippen molar-refractivity contribution in [1.82, 2.24) is 0 Å². The Bertz CT molecular complexity index is 1150. The van der Waals surface area contributed by atoms with E-state index in [0.29, 0.717) is 39.5 Å². The first-order valence-electron chi connectivity index (χ1n) is 10.8. The number of carbonyl (C=O) groups excluding carboxylic acids is 3. The molecule has 6 nitrogen and oxygen atoms in total. The fourth-order valence-corrected chi connectivity index (χ4v) is 6.12. The molecule has 2 saturated carbocycles. The number of nitrogens with one attached hydrogen (secondary N) is 1. The lowest BCUT2D eigenvalue weighted by Gasteiger charge is -2.37. The van der Waals surface area contributed by atoms with Gasteiger partial charge in [0.1, 0.15) is 5.75 Å².